The molecule has 1 heterocycles. The van der Waals surface area contributed by atoms with Crippen LogP contribution in [0.15, 0.2) is 0 Å². The van der Waals surface area contributed by atoms with Gasteiger partial charge in [-0.25, -0.2) is 0 Å². The van der Waals surface area contributed by atoms with E-state index >= 15 is 0 Å². The molecule has 1 aliphatic rings. The summed E-state index contributed by atoms with van der Waals surface area (Å²) >= 11 is 5.70. The highest BCUT2D eigenvalue weighted by Crippen LogP contribution is 2.13. The molecular weight excluding hydrogens is 166 g/mol. The second-order valence-electron chi connectivity index (χ2n) is 2.77. The number of aliphatic hydroxyl groups is 1. The largest absolute Gasteiger partial charge is 0.389 e. The first-order valence-corrected chi connectivity index (χ1v) is 4.19. The molecule has 1 amide bonds. The van der Waals surface area contributed by atoms with Gasteiger partial charge in [-0.2, -0.15) is 0 Å². The Balaban J connectivity index is 2.31. The first kappa shape index (κ1) is 8.81. The van der Waals surface area contributed by atoms with Crippen LogP contribution in [0.4, 0.5) is 0 Å². The van der Waals surface area contributed by atoms with E-state index < -0.39 is 5.38 Å². The number of nitrogens with zero attached hydrogens (tertiary/aromatic N) is 1. The van der Waals surface area contributed by atoms with Gasteiger partial charge < -0.3 is 10.0 Å². The number of carbonyl (C=O) groups excluding carboxylic acids is 1. The lowest BCUT2D eigenvalue weighted by Crippen LogP contribution is -2.55. The second kappa shape index (κ2) is 3.41. The standard InChI is InChI=1S/C7H12ClNO2/c1-2-6(8)7(11)9-3-5(10)4-9/h5-6,10H,2-4H2,1H3/t6-/m1/s1. The van der Waals surface area contributed by atoms with Crippen molar-refractivity contribution in [1.82, 2.24) is 4.90 Å². The van der Waals surface area contributed by atoms with Crippen LogP contribution in [0.5, 0.6) is 0 Å². The first-order chi connectivity index (χ1) is 5.15. The van der Waals surface area contributed by atoms with Crippen molar-refractivity contribution in [3.63, 3.8) is 0 Å². The summed E-state index contributed by atoms with van der Waals surface area (Å²) in [6, 6.07) is 0. The Kier molecular flexibility index (Phi) is 2.73. The smallest absolute Gasteiger partial charge is 0.240 e. The summed E-state index contributed by atoms with van der Waals surface area (Å²) in [6.07, 6.45) is 0.312. The molecule has 1 N–H and O–H groups in total. The number of aliphatic hydroxyl groups excluding tert-OH is 1. The molecule has 1 fully saturated rings. The molecule has 3 nitrogen and oxygen atoms in total. The number of hydrogen-bond acceptors (Lipinski definition) is 2. The molecule has 0 saturated carbocycles. The van der Waals surface area contributed by atoms with Crippen molar-refractivity contribution in [3.05, 3.63) is 0 Å². The van der Waals surface area contributed by atoms with Crippen LogP contribution in [-0.2, 0) is 4.79 Å². The fourth-order valence-corrected chi connectivity index (χ4v) is 1.15. The predicted molar refractivity (Wildman–Crippen MR) is 42.5 cm³/mol. The van der Waals surface area contributed by atoms with E-state index in [1.165, 1.54) is 0 Å². The zero-order chi connectivity index (χ0) is 8.43. The number of carbonyl (C=O) groups is 1. The number of halogens is 1. The molecule has 1 saturated heterocycles. The molecule has 0 aromatic carbocycles. The van der Waals surface area contributed by atoms with Gasteiger partial charge in [0.05, 0.1) is 6.10 Å². The number of hydrogen-bond donors (Lipinski definition) is 1. The molecule has 0 spiro atoms. The van der Waals surface area contributed by atoms with Gasteiger partial charge in [0.2, 0.25) is 5.91 Å². The van der Waals surface area contributed by atoms with Crippen LogP contribution < -0.4 is 0 Å². The second-order valence-corrected chi connectivity index (χ2v) is 3.30. The monoisotopic (exact) mass is 177 g/mol. The Morgan fingerprint density at radius 2 is 2.36 bits per heavy atom. The minimum absolute atomic E-state index is 0.0560. The van der Waals surface area contributed by atoms with Crippen LogP contribution in [0.1, 0.15) is 13.3 Å². The van der Waals surface area contributed by atoms with E-state index in [1.54, 1.807) is 4.90 Å². The Hall–Kier alpha value is -0.280. The molecule has 64 valence electrons. The summed E-state index contributed by atoms with van der Waals surface area (Å²) in [5.74, 6) is -0.0560. The van der Waals surface area contributed by atoms with Gasteiger partial charge in [0.15, 0.2) is 0 Å². The van der Waals surface area contributed by atoms with Crippen molar-refractivity contribution in [2.24, 2.45) is 0 Å². The third kappa shape index (κ3) is 1.84. The molecule has 0 unspecified atom stereocenters. The SMILES string of the molecule is CC[C@@H](Cl)C(=O)N1CC(O)C1. The summed E-state index contributed by atoms with van der Waals surface area (Å²) in [4.78, 5) is 12.8. The molecule has 1 rings (SSSR count). The van der Waals surface area contributed by atoms with Crippen LogP contribution in [0, 0.1) is 0 Å². The summed E-state index contributed by atoms with van der Waals surface area (Å²) < 4.78 is 0. The molecule has 1 aliphatic heterocycles. The minimum atomic E-state index is -0.414. The summed E-state index contributed by atoms with van der Waals surface area (Å²) in [7, 11) is 0. The average Bonchev–Trinajstić information content (AvgIpc) is 1.96. The fraction of sp³-hybridized carbons (Fsp3) is 0.857. The molecular formula is C7H12ClNO2. The number of amides is 1. The van der Waals surface area contributed by atoms with Gasteiger partial charge in [-0.05, 0) is 6.42 Å². The van der Waals surface area contributed by atoms with E-state index in [9.17, 15) is 4.79 Å². The van der Waals surface area contributed by atoms with Crippen LogP contribution in [0.2, 0.25) is 0 Å². The molecule has 0 aliphatic carbocycles. The van der Waals surface area contributed by atoms with Crippen molar-refractivity contribution in [1.29, 1.82) is 0 Å². The highest BCUT2D eigenvalue weighted by Gasteiger charge is 2.31. The summed E-state index contributed by atoms with van der Waals surface area (Å²) in [5, 5.41) is 8.47. The van der Waals surface area contributed by atoms with Crippen LogP contribution in [0.3, 0.4) is 0 Å². The highest BCUT2D eigenvalue weighted by molar-refractivity contribution is 6.30. The lowest BCUT2D eigenvalue weighted by Gasteiger charge is -2.36. The molecule has 1 atom stereocenters. The summed E-state index contributed by atoms with van der Waals surface area (Å²) in [6.45, 7) is 2.76. The number of β-amino-alcohol motifs (C(OH)–C–C–N with tert-alkyl or cyclic N) is 1. The maximum absolute atomic E-state index is 11.2. The van der Waals surface area contributed by atoms with Gasteiger partial charge in [-0.15, -0.1) is 11.6 Å². The minimum Gasteiger partial charge on any atom is -0.389 e. The van der Waals surface area contributed by atoms with Gasteiger partial charge in [-0.3, -0.25) is 4.79 Å². The fourth-order valence-electron chi connectivity index (χ4n) is 1.01. The maximum Gasteiger partial charge on any atom is 0.240 e. The lowest BCUT2D eigenvalue weighted by molar-refractivity contribution is -0.140. The molecule has 0 aromatic rings. The van der Waals surface area contributed by atoms with Gasteiger partial charge in [0.25, 0.3) is 0 Å². The number of alkyl halides is 1. The Morgan fingerprint density at radius 3 is 2.73 bits per heavy atom. The van der Waals surface area contributed by atoms with Crippen molar-refractivity contribution < 1.29 is 9.90 Å². The quantitative estimate of drug-likeness (QED) is 0.613. The van der Waals surface area contributed by atoms with Crippen molar-refractivity contribution >= 4 is 17.5 Å². The number of likely N-dealkylation sites (tertiary alicyclic amines) is 1. The van der Waals surface area contributed by atoms with Crippen LogP contribution in [0.25, 0.3) is 0 Å². The molecule has 0 bridgehead atoms. The van der Waals surface area contributed by atoms with Crippen molar-refractivity contribution in [3.8, 4) is 0 Å². The van der Waals surface area contributed by atoms with Crippen molar-refractivity contribution in [2.45, 2.75) is 24.8 Å². The van der Waals surface area contributed by atoms with E-state index in [0.717, 1.165) is 0 Å². The third-order valence-electron chi connectivity index (χ3n) is 1.80. The topological polar surface area (TPSA) is 40.5 Å². The summed E-state index contributed by atoms with van der Waals surface area (Å²) in [5.41, 5.74) is 0. The van der Waals surface area contributed by atoms with E-state index in [0.29, 0.717) is 19.5 Å². The van der Waals surface area contributed by atoms with Gasteiger partial charge in [-0.1, -0.05) is 6.92 Å². The molecule has 11 heavy (non-hydrogen) atoms. The third-order valence-corrected chi connectivity index (χ3v) is 2.30. The normalized spacial score (nSPS) is 21.2. The van der Waals surface area contributed by atoms with Gasteiger partial charge >= 0.3 is 0 Å². The van der Waals surface area contributed by atoms with E-state index in [1.807, 2.05) is 6.92 Å². The number of rotatable bonds is 2. The molecule has 0 aromatic heterocycles. The Labute approximate surface area is 70.9 Å². The van der Waals surface area contributed by atoms with E-state index in [-0.39, 0.29) is 12.0 Å². The zero-order valence-electron chi connectivity index (χ0n) is 6.46. The highest BCUT2D eigenvalue weighted by atomic mass is 35.5. The Morgan fingerprint density at radius 1 is 1.82 bits per heavy atom. The van der Waals surface area contributed by atoms with Gasteiger partial charge in [0.1, 0.15) is 5.38 Å². The van der Waals surface area contributed by atoms with Gasteiger partial charge in [0, 0.05) is 13.1 Å². The zero-order valence-corrected chi connectivity index (χ0v) is 7.21. The van der Waals surface area contributed by atoms with E-state index in [2.05, 4.69) is 0 Å². The first-order valence-electron chi connectivity index (χ1n) is 3.76. The Bertz CT molecular complexity index is 157. The van der Waals surface area contributed by atoms with Crippen LogP contribution in [-0.4, -0.2) is 40.5 Å². The molecule has 0 radical (unpaired) electrons. The average molecular weight is 178 g/mol. The predicted octanol–water partition coefficient (Wildman–Crippen LogP) is 0.207. The maximum atomic E-state index is 11.2. The van der Waals surface area contributed by atoms with Crippen LogP contribution >= 0.6 is 11.6 Å². The molecule has 4 heteroatoms. The van der Waals surface area contributed by atoms with Crippen molar-refractivity contribution in [2.75, 3.05) is 13.1 Å². The lowest BCUT2D eigenvalue weighted by atomic mass is 10.1. The van der Waals surface area contributed by atoms with E-state index in [4.69, 9.17) is 16.7 Å².